The first-order chi connectivity index (χ1) is 9.03. The molecule has 0 aliphatic rings. The highest BCUT2D eigenvalue weighted by atomic mass is 19.4. The van der Waals surface area contributed by atoms with Gasteiger partial charge in [-0.1, -0.05) is 0 Å². The summed E-state index contributed by atoms with van der Waals surface area (Å²) < 4.78 is 42.4. The number of anilines is 1. The lowest BCUT2D eigenvalue weighted by Crippen LogP contribution is -2.27. The maximum absolute atomic E-state index is 12.5. The molecule has 1 aromatic carbocycles. The average molecular weight is 289 g/mol. The summed E-state index contributed by atoms with van der Waals surface area (Å²) in [6.45, 7) is 4.92. The minimum absolute atomic E-state index is 0.0396. The van der Waals surface area contributed by atoms with Gasteiger partial charge in [0.25, 0.3) is 0 Å². The maximum Gasteiger partial charge on any atom is 0.416 e. The zero-order valence-corrected chi connectivity index (χ0v) is 11.2. The number of alkyl halides is 3. The molecular formula is C13H14F3NO3. The topological polar surface area (TPSA) is 55.4 Å². The molecule has 0 bridgehead atoms. The van der Waals surface area contributed by atoms with E-state index in [0.717, 1.165) is 12.1 Å². The zero-order valence-electron chi connectivity index (χ0n) is 11.2. The second-order valence-corrected chi connectivity index (χ2v) is 5.04. The second kappa shape index (κ2) is 5.52. The lowest BCUT2D eigenvalue weighted by Gasteiger charge is -2.20. The molecule has 0 aliphatic carbocycles. The standard InChI is InChI=1S/C13H14F3NO3/c1-12(2,3)20-11(19)17-10-5-4-9(13(14,15)16)6-8(10)7-18/h4-7H,1-3H3,(H,17,19). The predicted molar refractivity (Wildman–Crippen MR) is 66.7 cm³/mol. The van der Waals surface area contributed by atoms with Gasteiger partial charge in [0.15, 0.2) is 6.29 Å². The molecule has 1 amide bonds. The Kier molecular flexibility index (Phi) is 4.42. The molecule has 1 N–H and O–H groups in total. The lowest BCUT2D eigenvalue weighted by atomic mass is 10.1. The third-order valence-electron chi connectivity index (χ3n) is 2.14. The van der Waals surface area contributed by atoms with Gasteiger partial charge in [0.2, 0.25) is 0 Å². The van der Waals surface area contributed by atoms with E-state index in [-0.39, 0.29) is 17.5 Å². The molecule has 110 valence electrons. The number of rotatable bonds is 2. The zero-order chi connectivity index (χ0) is 15.6. The number of hydrogen-bond donors (Lipinski definition) is 1. The fourth-order valence-electron chi connectivity index (χ4n) is 1.36. The Bertz CT molecular complexity index is 519. The summed E-state index contributed by atoms with van der Waals surface area (Å²) in [5, 5.41) is 2.24. The van der Waals surface area contributed by atoms with Crippen molar-refractivity contribution >= 4 is 18.1 Å². The minimum atomic E-state index is -4.55. The number of hydrogen-bond acceptors (Lipinski definition) is 3. The highest BCUT2D eigenvalue weighted by molar-refractivity contribution is 5.93. The first-order valence-corrected chi connectivity index (χ1v) is 5.69. The Morgan fingerprint density at radius 1 is 1.25 bits per heavy atom. The first kappa shape index (κ1) is 16.0. The summed E-state index contributed by atoms with van der Waals surface area (Å²) >= 11 is 0. The Morgan fingerprint density at radius 2 is 1.85 bits per heavy atom. The average Bonchev–Trinajstić information content (AvgIpc) is 2.25. The third-order valence-corrected chi connectivity index (χ3v) is 2.14. The Morgan fingerprint density at radius 3 is 2.30 bits per heavy atom. The fraction of sp³-hybridized carbons (Fsp3) is 0.385. The Hall–Kier alpha value is -2.05. The number of halogens is 3. The molecule has 0 aromatic heterocycles. The van der Waals surface area contributed by atoms with Gasteiger partial charge in [-0.2, -0.15) is 13.2 Å². The van der Waals surface area contributed by atoms with Crippen molar-refractivity contribution in [2.24, 2.45) is 0 Å². The Labute approximate surface area is 113 Å². The van der Waals surface area contributed by atoms with E-state index in [0.29, 0.717) is 6.07 Å². The molecule has 0 radical (unpaired) electrons. The number of benzene rings is 1. The number of ether oxygens (including phenoxy) is 1. The molecule has 0 unspecified atom stereocenters. The predicted octanol–water partition coefficient (Wildman–Crippen LogP) is 3.86. The highest BCUT2D eigenvalue weighted by Gasteiger charge is 2.31. The van der Waals surface area contributed by atoms with E-state index in [1.165, 1.54) is 0 Å². The first-order valence-electron chi connectivity index (χ1n) is 5.69. The van der Waals surface area contributed by atoms with Gasteiger partial charge in [-0.15, -0.1) is 0 Å². The van der Waals surface area contributed by atoms with Crippen LogP contribution in [0.5, 0.6) is 0 Å². The van der Waals surface area contributed by atoms with Crippen LogP contribution in [0.25, 0.3) is 0 Å². The SMILES string of the molecule is CC(C)(C)OC(=O)Nc1ccc(C(F)(F)F)cc1C=O. The van der Waals surface area contributed by atoms with E-state index in [2.05, 4.69) is 5.32 Å². The van der Waals surface area contributed by atoms with Crippen molar-refractivity contribution < 1.29 is 27.5 Å². The highest BCUT2D eigenvalue weighted by Crippen LogP contribution is 2.31. The van der Waals surface area contributed by atoms with Crippen LogP contribution in [0, 0.1) is 0 Å². The van der Waals surface area contributed by atoms with Crippen LogP contribution in [0.1, 0.15) is 36.7 Å². The van der Waals surface area contributed by atoms with Crippen molar-refractivity contribution in [3.8, 4) is 0 Å². The van der Waals surface area contributed by atoms with Crippen LogP contribution < -0.4 is 5.32 Å². The van der Waals surface area contributed by atoms with E-state index in [1.54, 1.807) is 20.8 Å². The van der Waals surface area contributed by atoms with Gasteiger partial charge < -0.3 is 4.74 Å². The molecular weight excluding hydrogens is 275 g/mol. The van der Waals surface area contributed by atoms with Crippen molar-refractivity contribution in [3.05, 3.63) is 29.3 Å². The minimum Gasteiger partial charge on any atom is -0.444 e. The van der Waals surface area contributed by atoms with Crippen LogP contribution in [0.2, 0.25) is 0 Å². The van der Waals surface area contributed by atoms with E-state index >= 15 is 0 Å². The van der Waals surface area contributed by atoms with Gasteiger partial charge in [0.05, 0.1) is 11.3 Å². The number of carbonyl (C=O) groups excluding carboxylic acids is 2. The van der Waals surface area contributed by atoms with Crippen LogP contribution in [0.3, 0.4) is 0 Å². The quantitative estimate of drug-likeness (QED) is 0.841. The fourth-order valence-corrected chi connectivity index (χ4v) is 1.36. The molecule has 7 heteroatoms. The molecule has 0 saturated heterocycles. The molecule has 0 spiro atoms. The molecule has 0 fully saturated rings. The summed E-state index contributed by atoms with van der Waals surface area (Å²) in [4.78, 5) is 22.3. The molecule has 0 aliphatic heterocycles. The van der Waals surface area contributed by atoms with E-state index in [9.17, 15) is 22.8 Å². The van der Waals surface area contributed by atoms with Crippen molar-refractivity contribution in [1.82, 2.24) is 0 Å². The van der Waals surface area contributed by atoms with Gasteiger partial charge in [-0.3, -0.25) is 10.1 Å². The summed E-state index contributed by atoms with van der Waals surface area (Å²) in [5.41, 5.74) is -2.03. The molecule has 1 aromatic rings. The smallest absolute Gasteiger partial charge is 0.416 e. The van der Waals surface area contributed by atoms with E-state index in [1.807, 2.05) is 0 Å². The molecule has 0 saturated carbocycles. The summed E-state index contributed by atoms with van der Waals surface area (Å²) in [5.74, 6) is 0. The van der Waals surface area contributed by atoms with Gasteiger partial charge >= 0.3 is 12.3 Å². The number of aldehydes is 1. The normalized spacial score (nSPS) is 11.9. The number of amides is 1. The van der Waals surface area contributed by atoms with Gasteiger partial charge in [0, 0.05) is 5.56 Å². The second-order valence-electron chi connectivity index (χ2n) is 5.04. The van der Waals surface area contributed by atoms with Crippen LogP contribution in [0.4, 0.5) is 23.7 Å². The largest absolute Gasteiger partial charge is 0.444 e. The van der Waals surface area contributed by atoms with Gasteiger partial charge in [-0.05, 0) is 39.0 Å². The Balaban J connectivity index is 2.97. The van der Waals surface area contributed by atoms with Crippen LogP contribution in [0.15, 0.2) is 18.2 Å². The molecule has 20 heavy (non-hydrogen) atoms. The van der Waals surface area contributed by atoms with Crippen molar-refractivity contribution in [2.45, 2.75) is 32.5 Å². The summed E-state index contributed by atoms with van der Waals surface area (Å²) in [6, 6.07) is 2.45. The molecule has 4 nitrogen and oxygen atoms in total. The molecule has 0 atom stereocenters. The monoisotopic (exact) mass is 289 g/mol. The van der Waals surface area contributed by atoms with E-state index < -0.39 is 23.4 Å². The van der Waals surface area contributed by atoms with Gasteiger partial charge in [0.1, 0.15) is 5.60 Å². The van der Waals surface area contributed by atoms with Crippen LogP contribution in [-0.4, -0.2) is 18.0 Å². The molecule has 1 rings (SSSR count). The van der Waals surface area contributed by atoms with Gasteiger partial charge in [-0.25, -0.2) is 4.79 Å². The van der Waals surface area contributed by atoms with Crippen LogP contribution >= 0.6 is 0 Å². The number of carbonyl (C=O) groups is 2. The third kappa shape index (κ3) is 4.56. The number of nitrogens with one attached hydrogen (secondary N) is 1. The summed E-state index contributed by atoms with van der Waals surface area (Å²) in [7, 11) is 0. The van der Waals surface area contributed by atoms with Crippen LogP contribution in [-0.2, 0) is 10.9 Å². The molecule has 0 heterocycles. The van der Waals surface area contributed by atoms with E-state index in [4.69, 9.17) is 4.74 Å². The van der Waals surface area contributed by atoms with Crippen molar-refractivity contribution in [1.29, 1.82) is 0 Å². The summed E-state index contributed by atoms with van der Waals surface area (Å²) in [6.07, 6.45) is -5.16. The maximum atomic E-state index is 12.5. The van der Waals surface area contributed by atoms with Crippen molar-refractivity contribution in [2.75, 3.05) is 5.32 Å². The van der Waals surface area contributed by atoms with Crippen molar-refractivity contribution in [3.63, 3.8) is 0 Å². The lowest BCUT2D eigenvalue weighted by molar-refractivity contribution is -0.137.